The zero-order valence-corrected chi connectivity index (χ0v) is 14.4. The Hall–Kier alpha value is -0.750. The first-order chi connectivity index (χ1) is 9.71. The zero-order valence-electron chi connectivity index (χ0n) is 12.8. The minimum Gasteiger partial charge on any atom is -0.490 e. The predicted octanol–water partition coefficient (Wildman–Crippen LogP) is 2.07. The van der Waals surface area contributed by atoms with E-state index in [0.29, 0.717) is 12.0 Å². The van der Waals surface area contributed by atoms with Gasteiger partial charge in [0.2, 0.25) is 11.2 Å². The first-order valence-corrected chi connectivity index (χ1v) is 7.30. The van der Waals surface area contributed by atoms with Crippen molar-refractivity contribution in [3.8, 4) is 5.75 Å². The lowest BCUT2D eigenvalue weighted by atomic mass is 9.78. The second-order valence-electron chi connectivity index (χ2n) is 5.99. The Balaban J connectivity index is 0.00000121. The van der Waals surface area contributed by atoms with Gasteiger partial charge >= 0.3 is 0 Å². The van der Waals surface area contributed by atoms with E-state index in [4.69, 9.17) is 9.15 Å². The Morgan fingerprint density at radius 3 is 2.68 bits per heavy atom. The van der Waals surface area contributed by atoms with Crippen LogP contribution < -0.4 is 15.5 Å². The lowest BCUT2D eigenvalue weighted by Crippen LogP contribution is -2.38. The van der Waals surface area contributed by atoms with Gasteiger partial charge in [-0.2, -0.15) is 0 Å². The van der Waals surface area contributed by atoms with Crippen LogP contribution >= 0.6 is 24.8 Å². The summed E-state index contributed by atoms with van der Waals surface area (Å²) in [6, 6.07) is 1.55. The summed E-state index contributed by atoms with van der Waals surface area (Å²) in [6.07, 6.45) is 5.19. The minimum atomic E-state index is -0.107. The van der Waals surface area contributed by atoms with E-state index in [1.807, 2.05) is 0 Å². The molecule has 1 spiro atoms. The molecule has 3 rings (SSSR count). The average Bonchev–Trinajstić information content (AvgIpc) is 2.82. The lowest BCUT2D eigenvalue weighted by Gasteiger charge is -2.33. The molecule has 1 N–H and O–H groups in total. The van der Waals surface area contributed by atoms with Gasteiger partial charge in [-0.15, -0.1) is 24.8 Å². The summed E-state index contributed by atoms with van der Waals surface area (Å²) in [6.45, 7) is 5.19. The molecule has 126 valence electrons. The van der Waals surface area contributed by atoms with Crippen molar-refractivity contribution < 1.29 is 9.15 Å². The van der Waals surface area contributed by atoms with Crippen molar-refractivity contribution in [3.05, 3.63) is 28.3 Å². The van der Waals surface area contributed by atoms with Crippen LogP contribution in [0.4, 0.5) is 0 Å². The molecule has 0 amide bonds. The normalized spacial score (nSPS) is 20.2. The molecule has 0 bridgehead atoms. The molecule has 0 saturated carbocycles. The maximum atomic E-state index is 11.7. The van der Waals surface area contributed by atoms with Gasteiger partial charge in [0, 0.05) is 12.6 Å². The Morgan fingerprint density at radius 2 is 2.05 bits per heavy atom. The van der Waals surface area contributed by atoms with Crippen molar-refractivity contribution in [1.82, 2.24) is 10.2 Å². The smallest absolute Gasteiger partial charge is 0.227 e. The van der Waals surface area contributed by atoms with Gasteiger partial charge in [-0.1, -0.05) is 0 Å². The molecule has 2 aliphatic heterocycles. The van der Waals surface area contributed by atoms with Crippen molar-refractivity contribution in [2.24, 2.45) is 5.41 Å². The van der Waals surface area contributed by atoms with Crippen LogP contribution in [0.15, 0.2) is 21.5 Å². The van der Waals surface area contributed by atoms with Crippen molar-refractivity contribution in [2.45, 2.75) is 25.8 Å². The third-order valence-corrected chi connectivity index (χ3v) is 4.63. The number of ether oxygens (including phenoxy) is 1. The summed E-state index contributed by atoms with van der Waals surface area (Å²) in [5.41, 5.74) is 0.377. The van der Waals surface area contributed by atoms with Crippen molar-refractivity contribution in [1.29, 1.82) is 0 Å². The van der Waals surface area contributed by atoms with Crippen LogP contribution in [0.25, 0.3) is 0 Å². The van der Waals surface area contributed by atoms with Crippen LogP contribution in [0.3, 0.4) is 0 Å². The van der Waals surface area contributed by atoms with Crippen LogP contribution in [0.1, 0.15) is 25.0 Å². The molecule has 0 radical (unpaired) electrons. The van der Waals surface area contributed by atoms with Gasteiger partial charge in [-0.25, -0.2) is 0 Å². The maximum Gasteiger partial charge on any atom is 0.227 e. The molecule has 2 saturated heterocycles. The summed E-state index contributed by atoms with van der Waals surface area (Å²) in [5.74, 6) is 0.992. The topological polar surface area (TPSA) is 54.7 Å². The number of hydrogen-bond acceptors (Lipinski definition) is 5. The third-order valence-electron chi connectivity index (χ3n) is 4.63. The van der Waals surface area contributed by atoms with E-state index in [2.05, 4.69) is 10.2 Å². The van der Waals surface area contributed by atoms with E-state index in [1.165, 1.54) is 32.6 Å². The highest BCUT2D eigenvalue weighted by molar-refractivity contribution is 5.85. The lowest BCUT2D eigenvalue weighted by molar-refractivity contribution is 0.188. The Labute approximate surface area is 143 Å². The fraction of sp³-hybridized carbons (Fsp3) is 0.667. The van der Waals surface area contributed by atoms with E-state index >= 15 is 0 Å². The fourth-order valence-corrected chi connectivity index (χ4v) is 3.42. The van der Waals surface area contributed by atoms with Crippen LogP contribution in [-0.4, -0.2) is 38.2 Å². The molecular formula is C15H24Cl2N2O3. The third kappa shape index (κ3) is 4.16. The van der Waals surface area contributed by atoms with Gasteiger partial charge in [0.05, 0.1) is 13.7 Å². The van der Waals surface area contributed by atoms with E-state index in [-0.39, 0.29) is 36.0 Å². The zero-order chi connectivity index (χ0) is 14.0. The molecule has 2 fully saturated rings. The second-order valence-corrected chi connectivity index (χ2v) is 5.99. The highest BCUT2D eigenvalue weighted by Crippen LogP contribution is 2.38. The van der Waals surface area contributed by atoms with Gasteiger partial charge in [0.1, 0.15) is 12.0 Å². The number of rotatable bonds is 3. The quantitative estimate of drug-likeness (QED) is 0.904. The molecule has 7 heteroatoms. The summed E-state index contributed by atoms with van der Waals surface area (Å²) in [7, 11) is 1.48. The SMILES string of the molecule is COc1coc(CN2CCC3(CCNCC3)C2)cc1=O.Cl.Cl. The molecule has 5 nitrogen and oxygen atoms in total. The summed E-state index contributed by atoms with van der Waals surface area (Å²) >= 11 is 0. The number of likely N-dealkylation sites (tertiary alicyclic amines) is 1. The molecule has 0 aliphatic carbocycles. The molecule has 3 heterocycles. The first kappa shape index (κ1) is 19.3. The van der Waals surface area contributed by atoms with Gasteiger partial charge in [-0.05, 0) is 44.3 Å². The van der Waals surface area contributed by atoms with Gasteiger partial charge in [-0.3, -0.25) is 9.69 Å². The number of methoxy groups -OCH3 is 1. The molecule has 0 aromatic carbocycles. The molecule has 1 aromatic rings. The van der Waals surface area contributed by atoms with Crippen molar-refractivity contribution >= 4 is 24.8 Å². The van der Waals surface area contributed by atoms with Crippen LogP contribution in [0.2, 0.25) is 0 Å². The molecular weight excluding hydrogens is 327 g/mol. The fourth-order valence-electron chi connectivity index (χ4n) is 3.42. The van der Waals surface area contributed by atoms with Crippen molar-refractivity contribution in [2.75, 3.05) is 33.3 Å². The highest BCUT2D eigenvalue weighted by atomic mass is 35.5. The average molecular weight is 351 g/mol. The van der Waals surface area contributed by atoms with Gasteiger partial charge in [0.15, 0.2) is 0 Å². The minimum absolute atomic E-state index is 0. The molecule has 1 aromatic heterocycles. The predicted molar refractivity (Wildman–Crippen MR) is 90.5 cm³/mol. The monoisotopic (exact) mass is 350 g/mol. The van der Waals surface area contributed by atoms with Gasteiger partial charge < -0.3 is 14.5 Å². The highest BCUT2D eigenvalue weighted by Gasteiger charge is 2.38. The first-order valence-electron chi connectivity index (χ1n) is 7.30. The number of halogens is 2. The van der Waals surface area contributed by atoms with Crippen molar-refractivity contribution in [3.63, 3.8) is 0 Å². The largest absolute Gasteiger partial charge is 0.490 e. The molecule has 0 unspecified atom stereocenters. The van der Waals surface area contributed by atoms with Crippen LogP contribution in [-0.2, 0) is 6.54 Å². The second kappa shape index (κ2) is 8.20. The van der Waals surface area contributed by atoms with E-state index in [0.717, 1.165) is 31.9 Å². The maximum absolute atomic E-state index is 11.7. The number of hydrogen-bond donors (Lipinski definition) is 1. The van der Waals surface area contributed by atoms with Crippen LogP contribution in [0, 0.1) is 5.41 Å². The van der Waals surface area contributed by atoms with Gasteiger partial charge in [0.25, 0.3) is 0 Å². The number of piperidine rings is 1. The van der Waals surface area contributed by atoms with E-state index in [1.54, 1.807) is 6.07 Å². The summed E-state index contributed by atoms with van der Waals surface area (Å²) in [5, 5.41) is 3.43. The van der Waals surface area contributed by atoms with Crippen LogP contribution in [0.5, 0.6) is 5.75 Å². The number of nitrogens with one attached hydrogen (secondary N) is 1. The molecule has 2 aliphatic rings. The summed E-state index contributed by atoms with van der Waals surface area (Å²) < 4.78 is 10.4. The van der Waals surface area contributed by atoms with E-state index in [9.17, 15) is 4.79 Å². The Morgan fingerprint density at radius 1 is 1.32 bits per heavy atom. The number of nitrogens with zero attached hydrogens (tertiary/aromatic N) is 1. The summed E-state index contributed by atoms with van der Waals surface area (Å²) in [4.78, 5) is 14.1. The Kier molecular flexibility index (Phi) is 7.19. The Bertz CT molecular complexity index is 530. The molecule has 22 heavy (non-hydrogen) atoms. The standard InChI is InChI=1S/C15H22N2O3.2ClH/c1-19-14-10-20-12(8-13(14)18)9-17-7-4-15(11-17)2-5-16-6-3-15;;/h8,10,16H,2-7,9,11H2,1H3;2*1H. The molecule has 0 atom stereocenters. The van der Waals surface area contributed by atoms with E-state index < -0.39 is 0 Å².